The van der Waals surface area contributed by atoms with Crippen molar-refractivity contribution >= 4 is 27.3 Å². The minimum atomic E-state index is -3.54. The van der Waals surface area contributed by atoms with Gasteiger partial charge in [0.25, 0.3) is 5.91 Å². The van der Waals surface area contributed by atoms with E-state index in [-0.39, 0.29) is 12.5 Å². The maximum Gasteiger partial charge on any atom is 0.267 e. The van der Waals surface area contributed by atoms with Crippen LogP contribution in [0.3, 0.4) is 0 Å². The number of fused-ring (bicyclic) bond motifs is 1. The Morgan fingerprint density at radius 2 is 1.77 bits per heavy atom. The monoisotopic (exact) mass is 374 g/mol. The summed E-state index contributed by atoms with van der Waals surface area (Å²) in [5, 5.41) is 2.84. The Morgan fingerprint density at radius 1 is 1.12 bits per heavy atom. The number of benzene rings is 2. The molecule has 0 aromatic heterocycles. The summed E-state index contributed by atoms with van der Waals surface area (Å²) in [6.07, 6.45) is 0.199. The molecule has 3 rings (SSSR count). The zero-order valence-electron chi connectivity index (χ0n) is 15.2. The second kappa shape index (κ2) is 6.64. The van der Waals surface area contributed by atoms with E-state index >= 15 is 0 Å². The number of rotatable bonds is 3. The van der Waals surface area contributed by atoms with Crippen LogP contribution in [0.15, 0.2) is 36.4 Å². The third-order valence-electron chi connectivity index (χ3n) is 4.32. The number of nitrogens with zero attached hydrogens (tertiary/aromatic N) is 1. The van der Waals surface area contributed by atoms with Crippen LogP contribution < -0.4 is 14.4 Å². The molecule has 2 aromatic carbocycles. The van der Waals surface area contributed by atoms with Gasteiger partial charge >= 0.3 is 0 Å². The number of hydrogen-bond donors (Lipinski definition) is 1. The molecule has 1 aliphatic rings. The minimum absolute atomic E-state index is 0.0635. The number of anilines is 2. The maximum absolute atomic E-state index is 12.7. The molecule has 1 amide bonds. The summed E-state index contributed by atoms with van der Waals surface area (Å²) in [4.78, 5) is 12.7. The van der Waals surface area contributed by atoms with Gasteiger partial charge in [-0.3, -0.25) is 9.10 Å². The van der Waals surface area contributed by atoms with Gasteiger partial charge < -0.3 is 10.1 Å². The van der Waals surface area contributed by atoms with E-state index in [0.29, 0.717) is 17.1 Å². The number of carbonyl (C=O) groups excluding carboxylic acids is 1. The summed E-state index contributed by atoms with van der Waals surface area (Å²) in [6, 6.07) is 11.0. The van der Waals surface area contributed by atoms with E-state index in [0.717, 1.165) is 22.9 Å². The lowest BCUT2D eigenvalue weighted by molar-refractivity contribution is -0.122. The van der Waals surface area contributed by atoms with E-state index in [4.69, 9.17) is 4.74 Å². The SMILES string of the molecule is Cc1ccc(NC(=O)[C@@H]2CN(S(C)(=O)=O)c3cc(C)ccc3O2)c(C)c1. The fourth-order valence-electron chi connectivity index (χ4n) is 2.98. The first kappa shape index (κ1) is 18.3. The summed E-state index contributed by atoms with van der Waals surface area (Å²) >= 11 is 0. The van der Waals surface area contributed by atoms with Crippen molar-refractivity contribution in [3.05, 3.63) is 53.1 Å². The Kier molecular flexibility index (Phi) is 4.66. The van der Waals surface area contributed by atoms with Gasteiger partial charge in [0, 0.05) is 5.69 Å². The van der Waals surface area contributed by atoms with Gasteiger partial charge in [-0.25, -0.2) is 8.42 Å². The molecule has 1 N–H and O–H groups in total. The molecule has 7 heteroatoms. The predicted octanol–water partition coefficient (Wildman–Crippen LogP) is 2.78. The Morgan fingerprint density at radius 3 is 2.42 bits per heavy atom. The van der Waals surface area contributed by atoms with E-state index in [2.05, 4.69) is 5.32 Å². The maximum atomic E-state index is 12.7. The predicted molar refractivity (Wildman–Crippen MR) is 102 cm³/mol. The molecule has 0 spiro atoms. The fraction of sp³-hybridized carbons (Fsp3) is 0.316. The number of sulfonamides is 1. The van der Waals surface area contributed by atoms with E-state index in [1.807, 2.05) is 45.0 Å². The summed E-state index contributed by atoms with van der Waals surface area (Å²) in [7, 11) is -3.54. The van der Waals surface area contributed by atoms with Crippen LogP contribution in [0.25, 0.3) is 0 Å². The average Bonchev–Trinajstić information content (AvgIpc) is 2.55. The smallest absolute Gasteiger partial charge is 0.267 e. The topological polar surface area (TPSA) is 75.7 Å². The number of ether oxygens (including phenoxy) is 1. The van der Waals surface area contributed by atoms with Gasteiger partial charge in [0.1, 0.15) is 5.75 Å². The standard InChI is InChI=1S/C19H22N2O4S/c1-12-5-7-15(14(3)9-12)20-19(22)18-11-21(26(4,23)24)16-10-13(2)6-8-17(16)25-18/h5-10,18H,11H2,1-4H3,(H,20,22)/t18-/m0/s1. The zero-order valence-corrected chi connectivity index (χ0v) is 16.1. The van der Waals surface area contributed by atoms with Crippen molar-refractivity contribution in [2.75, 3.05) is 22.4 Å². The van der Waals surface area contributed by atoms with Crippen molar-refractivity contribution in [1.29, 1.82) is 0 Å². The number of hydrogen-bond acceptors (Lipinski definition) is 4. The number of carbonyl (C=O) groups is 1. The van der Waals surface area contributed by atoms with Gasteiger partial charge in [0.2, 0.25) is 10.0 Å². The number of amides is 1. The fourth-order valence-corrected chi connectivity index (χ4v) is 3.89. The van der Waals surface area contributed by atoms with Crippen molar-refractivity contribution in [1.82, 2.24) is 0 Å². The Hall–Kier alpha value is -2.54. The summed E-state index contributed by atoms with van der Waals surface area (Å²) < 4.78 is 31.5. The average molecular weight is 374 g/mol. The lowest BCUT2D eigenvalue weighted by Gasteiger charge is -2.34. The molecule has 26 heavy (non-hydrogen) atoms. The van der Waals surface area contributed by atoms with Gasteiger partial charge in [0.15, 0.2) is 6.10 Å². The van der Waals surface area contributed by atoms with Crippen molar-refractivity contribution in [3.63, 3.8) is 0 Å². The van der Waals surface area contributed by atoms with Crippen LogP contribution in [-0.2, 0) is 14.8 Å². The summed E-state index contributed by atoms with van der Waals surface area (Å²) in [5.41, 5.74) is 4.10. The molecular weight excluding hydrogens is 352 g/mol. The second-order valence-electron chi connectivity index (χ2n) is 6.68. The molecule has 6 nitrogen and oxygen atoms in total. The first-order valence-electron chi connectivity index (χ1n) is 8.28. The highest BCUT2D eigenvalue weighted by Crippen LogP contribution is 2.36. The highest BCUT2D eigenvalue weighted by Gasteiger charge is 2.35. The molecule has 1 atom stereocenters. The van der Waals surface area contributed by atoms with Gasteiger partial charge in [-0.1, -0.05) is 23.8 Å². The molecule has 0 unspecified atom stereocenters. The first-order valence-corrected chi connectivity index (χ1v) is 10.1. The molecule has 1 aliphatic heterocycles. The third kappa shape index (κ3) is 3.67. The highest BCUT2D eigenvalue weighted by molar-refractivity contribution is 7.92. The van der Waals surface area contributed by atoms with E-state index in [1.54, 1.807) is 12.1 Å². The van der Waals surface area contributed by atoms with Crippen LogP contribution in [0.1, 0.15) is 16.7 Å². The molecule has 0 saturated heterocycles. The van der Waals surface area contributed by atoms with Crippen molar-refractivity contribution in [2.45, 2.75) is 26.9 Å². The molecule has 0 bridgehead atoms. The normalized spacial score (nSPS) is 16.6. The van der Waals surface area contributed by atoms with Crippen LogP contribution in [0.4, 0.5) is 11.4 Å². The summed E-state index contributed by atoms with van der Waals surface area (Å²) in [5.74, 6) is 0.00452. The Bertz CT molecular complexity index is 969. The lowest BCUT2D eigenvalue weighted by atomic mass is 10.1. The Labute approximate surface area is 153 Å². The number of nitrogens with one attached hydrogen (secondary N) is 1. The molecular formula is C19H22N2O4S. The summed E-state index contributed by atoms with van der Waals surface area (Å²) in [6.45, 7) is 5.70. The molecule has 1 heterocycles. The molecule has 0 radical (unpaired) electrons. The van der Waals surface area contributed by atoms with E-state index in [9.17, 15) is 13.2 Å². The molecule has 2 aromatic rings. The number of aryl methyl sites for hydroxylation is 3. The molecule has 0 saturated carbocycles. The van der Waals surface area contributed by atoms with Crippen LogP contribution in [-0.4, -0.2) is 33.2 Å². The largest absolute Gasteiger partial charge is 0.476 e. The van der Waals surface area contributed by atoms with Gasteiger partial charge in [-0.05, 0) is 50.1 Å². The second-order valence-corrected chi connectivity index (χ2v) is 8.59. The van der Waals surface area contributed by atoms with Crippen molar-refractivity contribution in [3.8, 4) is 5.75 Å². The van der Waals surface area contributed by atoms with Gasteiger partial charge in [-0.2, -0.15) is 0 Å². The van der Waals surface area contributed by atoms with E-state index < -0.39 is 16.1 Å². The minimum Gasteiger partial charge on any atom is -0.476 e. The quantitative estimate of drug-likeness (QED) is 0.896. The van der Waals surface area contributed by atoms with Crippen LogP contribution in [0, 0.1) is 20.8 Å². The lowest BCUT2D eigenvalue weighted by Crippen LogP contribution is -2.48. The zero-order chi connectivity index (χ0) is 19.1. The third-order valence-corrected chi connectivity index (χ3v) is 5.46. The van der Waals surface area contributed by atoms with Crippen molar-refractivity contribution < 1.29 is 17.9 Å². The van der Waals surface area contributed by atoms with Crippen molar-refractivity contribution in [2.24, 2.45) is 0 Å². The Balaban J connectivity index is 1.89. The van der Waals surface area contributed by atoms with Crippen LogP contribution >= 0.6 is 0 Å². The molecule has 138 valence electrons. The van der Waals surface area contributed by atoms with Gasteiger partial charge in [-0.15, -0.1) is 0 Å². The molecule has 0 fully saturated rings. The van der Waals surface area contributed by atoms with Crippen LogP contribution in [0.2, 0.25) is 0 Å². The van der Waals surface area contributed by atoms with E-state index in [1.165, 1.54) is 4.31 Å². The highest BCUT2D eigenvalue weighted by atomic mass is 32.2. The van der Waals surface area contributed by atoms with Crippen LogP contribution in [0.5, 0.6) is 5.75 Å². The molecule has 0 aliphatic carbocycles. The first-order chi connectivity index (χ1) is 12.1. The van der Waals surface area contributed by atoms with Gasteiger partial charge in [0.05, 0.1) is 18.5 Å².